The third-order valence-electron chi connectivity index (χ3n) is 1.97. The molecule has 0 spiro atoms. The zero-order valence-corrected chi connectivity index (χ0v) is 9.71. The van der Waals surface area contributed by atoms with Crippen LogP contribution < -0.4 is 5.73 Å². The van der Waals surface area contributed by atoms with Crippen LogP contribution in [0.5, 0.6) is 0 Å². The van der Waals surface area contributed by atoms with Crippen molar-refractivity contribution < 1.29 is 13.2 Å². The van der Waals surface area contributed by atoms with Crippen LogP contribution in [0.2, 0.25) is 0 Å². The van der Waals surface area contributed by atoms with Crippen molar-refractivity contribution in [3.05, 3.63) is 12.0 Å². The Morgan fingerprint density at radius 1 is 1.67 bits per heavy atom. The maximum Gasteiger partial charge on any atom is 0.280 e. The van der Waals surface area contributed by atoms with Crippen LogP contribution in [0, 0.1) is 6.92 Å². The third kappa shape index (κ3) is 2.48. The average Bonchev–Trinajstić information content (AvgIpc) is 2.45. The third-order valence-corrected chi connectivity index (χ3v) is 3.14. The van der Waals surface area contributed by atoms with E-state index in [2.05, 4.69) is 4.98 Å². The number of carbonyl (C=O) groups excluding carboxylic acids is 1. The van der Waals surface area contributed by atoms with Gasteiger partial charge in [-0.2, -0.15) is 0 Å². The molecule has 1 aromatic heterocycles. The van der Waals surface area contributed by atoms with Gasteiger partial charge in [-0.15, -0.1) is 0 Å². The standard InChI is InChI=1S/C7H10ClN3O3S/c1-4(7(9)12)11-3-6(10-5(11)2)15(8,13)14/h3-4H,1-2H3,(H2,9,12). The molecule has 1 heterocycles. The molecule has 0 saturated heterocycles. The molecule has 1 unspecified atom stereocenters. The molecular weight excluding hydrogens is 242 g/mol. The van der Waals surface area contributed by atoms with Crippen molar-refractivity contribution in [3.8, 4) is 0 Å². The molecule has 6 nitrogen and oxygen atoms in total. The SMILES string of the molecule is Cc1nc(S(=O)(=O)Cl)cn1C(C)C(N)=O. The van der Waals surface area contributed by atoms with Crippen molar-refractivity contribution in [2.45, 2.75) is 24.9 Å². The van der Waals surface area contributed by atoms with E-state index in [0.717, 1.165) is 0 Å². The Morgan fingerprint density at radius 2 is 2.20 bits per heavy atom. The number of primary amides is 1. The minimum atomic E-state index is -3.88. The van der Waals surface area contributed by atoms with Crippen molar-refractivity contribution in [1.29, 1.82) is 0 Å². The first-order valence-corrected chi connectivity index (χ1v) is 6.34. The fourth-order valence-electron chi connectivity index (χ4n) is 1.11. The fraction of sp³-hybridized carbons (Fsp3) is 0.429. The van der Waals surface area contributed by atoms with Gasteiger partial charge in [-0.3, -0.25) is 4.79 Å². The predicted molar refractivity (Wildman–Crippen MR) is 53.9 cm³/mol. The van der Waals surface area contributed by atoms with E-state index in [1.165, 1.54) is 10.8 Å². The summed E-state index contributed by atoms with van der Waals surface area (Å²) in [7, 11) is 1.23. The normalized spacial score (nSPS) is 13.8. The van der Waals surface area contributed by atoms with E-state index in [1.807, 2.05) is 0 Å². The van der Waals surface area contributed by atoms with Gasteiger partial charge in [0.15, 0.2) is 5.03 Å². The van der Waals surface area contributed by atoms with Crippen LogP contribution in [0.4, 0.5) is 0 Å². The lowest BCUT2D eigenvalue weighted by Gasteiger charge is -2.09. The molecule has 1 aromatic rings. The van der Waals surface area contributed by atoms with Crippen LogP contribution in [0.25, 0.3) is 0 Å². The molecule has 1 amide bonds. The van der Waals surface area contributed by atoms with Gasteiger partial charge in [-0.1, -0.05) is 0 Å². The fourth-order valence-corrected chi connectivity index (χ4v) is 1.81. The van der Waals surface area contributed by atoms with Crippen molar-refractivity contribution in [2.24, 2.45) is 5.73 Å². The van der Waals surface area contributed by atoms with Gasteiger partial charge in [-0.05, 0) is 13.8 Å². The van der Waals surface area contributed by atoms with E-state index in [1.54, 1.807) is 13.8 Å². The van der Waals surface area contributed by atoms with Crippen LogP contribution in [-0.2, 0) is 13.8 Å². The van der Waals surface area contributed by atoms with E-state index in [9.17, 15) is 13.2 Å². The number of aryl methyl sites for hydroxylation is 1. The lowest BCUT2D eigenvalue weighted by Crippen LogP contribution is -2.24. The highest BCUT2D eigenvalue weighted by Gasteiger charge is 2.20. The van der Waals surface area contributed by atoms with Crippen LogP contribution in [0.3, 0.4) is 0 Å². The van der Waals surface area contributed by atoms with Gasteiger partial charge < -0.3 is 10.3 Å². The molecule has 0 bridgehead atoms. The summed E-state index contributed by atoms with van der Waals surface area (Å²) < 4.78 is 23.3. The highest BCUT2D eigenvalue weighted by atomic mass is 35.7. The summed E-state index contributed by atoms with van der Waals surface area (Å²) in [6.07, 6.45) is 1.19. The summed E-state index contributed by atoms with van der Waals surface area (Å²) >= 11 is 0. The Labute approximate surface area is 91.5 Å². The van der Waals surface area contributed by atoms with Gasteiger partial charge in [0.1, 0.15) is 11.9 Å². The zero-order chi connectivity index (χ0) is 11.8. The summed E-state index contributed by atoms with van der Waals surface area (Å²) in [4.78, 5) is 14.6. The van der Waals surface area contributed by atoms with Crippen LogP contribution >= 0.6 is 10.7 Å². The molecule has 15 heavy (non-hydrogen) atoms. The molecule has 1 atom stereocenters. The van der Waals surface area contributed by atoms with E-state index in [0.29, 0.717) is 5.82 Å². The van der Waals surface area contributed by atoms with E-state index >= 15 is 0 Å². The number of halogens is 1. The predicted octanol–water partition coefficient (Wildman–Crippen LogP) is 0.165. The Morgan fingerprint density at radius 3 is 2.53 bits per heavy atom. The van der Waals surface area contributed by atoms with Crippen molar-refractivity contribution in [3.63, 3.8) is 0 Å². The minimum Gasteiger partial charge on any atom is -0.368 e. The highest BCUT2D eigenvalue weighted by Crippen LogP contribution is 2.17. The van der Waals surface area contributed by atoms with Gasteiger partial charge in [0.25, 0.3) is 9.05 Å². The second kappa shape index (κ2) is 3.82. The molecule has 0 fully saturated rings. The smallest absolute Gasteiger partial charge is 0.280 e. The number of nitrogens with two attached hydrogens (primary N) is 1. The number of imidazole rings is 1. The molecule has 0 aliphatic carbocycles. The maximum absolute atomic E-state index is 11.0. The van der Waals surface area contributed by atoms with E-state index in [4.69, 9.17) is 16.4 Å². The quantitative estimate of drug-likeness (QED) is 0.775. The van der Waals surface area contributed by atoms with Gasteiger partial charge >= 0.3 is 0 Å². The largest absolute Gasteiger partial charge is 0.368 e. The summed E-state index contributed by atoms with van der Waals surface area (Å²) in [6.45, 7) is 3.10. The first-order chi connectivity index (χ1) is 6.73. The Bertz CT molecular complexity index is 494. The summed E-state index contributed by atoms with van der Waals surface area (Å²) in [5.41, 5.74) is 5.09. The second-order valence-electron chi connectivity index (χ2n) is 3.05. The number of aromatic nitrogens is 2. The first-order valence-electron chi connectivity index (χ1n) is 4.03. The Hall–Kier alpha value is -1.08. The second-order valence-corrected chi connectivity index (χ2v) is 5.56. The summed E-state index contributed by atoms with van der Waals surface area (Å²) in [5.74, 6) is -0.213. The molecule has 0 radical (unpaired) electrons. The highest BCUT2D eigenvalue weighted by molar-refractivity contribution is 8.13. The van der Waals surface area contributed by atoms with Gasteiger partial charge in [-0.25, -0.2) is 13.4 Å². The number of rotatable bonds is 3. The molecule has 1 rings (SSSR count). The molecule has 0 saturated carbocycles. The lowest BCUT2D eigenvalue weighted by atomic mass is 10.3. The summed E-state index contributed by atoms with van der Waals surface area (Å²) in [5, 5.41) is -0.283. The molecule has 0 aromatic carbocycles. The monoisotopic (exact) mass is 251 g/mol. The number of hydrogen-bond acceptors (Lipinski definition) is 4. The van der Waals surface area contributed by atoms with Crippen LogP contribution in [0.1, 0.15) is 18.8 Å². The van der Waals surface area contributed by atoms with E-state index < -0.39 is 21.0 Å². The van der Waals surface area contributed by atoms with Crippen molar-refractivity contribution in [1.82, 2.24) is 9.55 Å². The van der Waals surface area contributed by atoms with Gasteiger partial charge in [0, 0.05) is 16.9 Å². The minimum absolute atomic E-state index is 0.283. The first kappa shape index (κ1) is 12.0. The molecule has 8 heteroatoms. The molecule has 0 aliphatic heterocycles. The van der Waals surface area contributed by atoms with E-state index in [-0.39, 0.29) is 5.03 Å². The number of amides is 1. The number of nitrogens with zero attached hydrogens (tertiary/aromatic N) is 2. The van der Waals surface area contributed by atoms with Crippen LogP contribution in [0.15, 0.2) is 11.2 Å². The maximum atomic E-state index is 11.0. The zero-order valence-electron chi connectivity index (χ0n) is 8.14. The van der Waals surface area contributed by atoms with Crippen LogP contribution in [-0.4, -0.2) is 23.9 Å². The van der Waals surface area contributed by atoms with Gasteiger partial charge in [0.05, 0.1) is 0 Å². The lowest BCUT2D eigenvalue weighted by molar-refractivity contribution is -0.120. The van der Waals surface area contributed by atoms with Gasteiger partial charge in [0.2, 0.25) is 5.91 Å². The summed E-state index contributed by atoms with van der Waals surface area (Å²) in [6, 6.07) is -0.662. The number of carbonyl (C=O) groups is 1. The Balaban J connectivity index is 3.24. The molecule has 0 aliphatic rings. The molecular formula is C7H10ClN3O3S. The number of hydrogen-bond donors (Lipinski definition) is 1. The molecule has 2 N–H and O–H groups in total. The van der Waals surface area contributed by atoms with Crippen molar-refractivity contribution in [2.75, 3.05) is 0 Å². The average molecular weight is 252 g/mol. The van der Waals surface area contributed by atoms with Crippen molar-refractivity contribution >= 4 is 25.6 Å². The Kier molecular flexibility index (Phi) is 3.05. The topological polar surface area (TPSA) is 95.1 Å². The molecule has 84 valence electrons.